The molecule has 12 heteroatoms. The number of aromatic nitrogens is 2. The SMILES string of the molecule is O=C(CCl)NCCCNc1nc(NC2CCN(C3CCCCCC3)CC2)c2cccc(OC(F)(F)F)c2n1. The van der Waals surface area contributed by atoms with Crippen LogP contribution < -0.4 is 20.7 Å². The van der Waals surface area contributed by atoms with Crippen LogP contribution in [0.2, 0.25) is 0 Å². The van der Waals surface area contributed by atoms with E-state index in [4.69, 9.17) is 11.6 Å². The van der Waals surface area contributed by atoms with E-state index in [9.17, 15) is 18.0 Å². The number of likely N-dealkylation sites (tertiary alicyclic amines) is 1. The van der Waals surface area contributed by atoms with Crippen LogP contribution in [0, 0.1) is 0 Å². The number of carbonyl (C=O) groups excluding carboxylic acids is 1. The molecular weight excluding hydrogens is 521 g/mol. The molecule has 2 aromatic rings. The normalized spacial score (nSPS) is 18.2. The predicted octanol–water partition coefficient (Wildman–Crippen LogP) is 5.28. The largest absolute Gasteiger partial charge is 0.573 e. The lowest BCUT2D eigenvalue weighted by Crippen LogP contribution is -2.44. The Bertz CT molecular complexity index is 1060. The van der Waals surface area contributed by atoms with Gasteiger partial charge in [0.1, 0.15) is 17.2 Å². The molecule has 0 spiro atoms. The molecule has 210 valence electrons. The first-order valence-corrected chi connectivity index (χ1v) is 14.0. The Hall–Kier alpha value is -2.53. The molecule has 0 unspecified atom stereocenters. The molecule has 1 saturated heterocycles. The third-order valence-electron chi connectivity index (χ3n) is 7.21. The average molecular weight is 557 g/mol. The maximum atomic E-state index is 13.1. The summed E-state index contributed by atoms with van der Waals surface area (Å²) >= 11 is 5.48. The smallest absolute Gasteiger partial charge is 0.403 e. The van der Waals surface area contributed by atoms with Gasteiger partial charge >= 0.3 is 6.36 Å². The minimum Gasteiger partial charge on any atom is -0.403 e. The molecule has 0 atom stereocenters. The van der Waals surface area contributed by atoms with Crippen molar-refractivity contribution in [3.8, 4) is 5.75 Å². The zero-order valence-electron chi connectivity index (χ0n) is 21.5. The summed E-state index contributed by atoms with van der Waals surface area (Å²) in [6.07, 6.45) is 5.37. The van der Waals surface area contributed by atoms with E-state index in [-0.39, 0.29) is 35.0 Å². The summed E-state index contributed by atoms with van der Waals surface area (Å²) in [7, 11) is 0. The van der Waals surface area contributed by atoms with Crippen LogP contribution in [0.1, 0.15) is 57.8 Å². The summed E-state index contributed by atoms with van der Waals surface area (Å²) in [6, 6.07) is 5.28. The van der Waals surface area contributed by atoms with Gasteiger partial charge < -0.3 is 25.6 Å². The summed E-state index contributed by atoms with van der Waals surface area (Å²) < 4.78 is 43.6. The molecule has 1 saturated carbocycles. The molecule has 4 rings (SSSR count). The molecule has 3 N–H and O–H groups in total. The molecule has 1 aromatic heterocycles. The van der Waals surface area contributed by atoms with Crippen molar-refractivity contribution in [1.82, 2.24) is 20.2 Å². The lowest BCUT2D eigenvalue weighted by atomic mass is 9.99. The lowest BCUT2D eigenvalue weighted by molar-refractivity contribution is -0.274. The van der Waals surface area contributed by atoms with Crippen molar-refractivity contribution in [2.24, 2.45) is 0 Å². The molecule has 0 bridgehead atoms. The van der Waals surface area contributed by atoms with Crippen molar-refractivity contribution in [2.45, 2.75) is 76.2 Å². The van der Waals surface area contributed by atoms with Crippen LogP contribution in [0.15, 0.2) is 18.2 Å². The first-order valence-electron chi connectivity index (χ1n) is 13.5. The van der Waals surface area contributed by atoms with Crippen LogP contribution in [0.4, 0.5) is 24.9 Å². The van der Waals surface area contributed by atoms with E-state index in [0.29, 0.717) is 36.8 Å². The Morgan fingerprint density at radius 1 is 1.05 bits per heavy atom. The highest BCUT2D eigenvalue weighted by Crippen LogP contribution is 2.34. The van der Waals surface area contributed by atoms with Crippen LogP contribution >= 0.6 is 11.6 Å². The van der Waals surface area contributed by atoms with Crippen LogP contribution in [-0.4, -0.2) is 71.3 Å². The number of benzene rings is 1. The molecular formula is C26H36ClF3N6O2. The first-order chi connectivity index (χ1) is 18.3. The number of rotatable bonds is 10. The first kappa shape index (κ1) is 28.5. The number of hydrogen-bond donors (Lipinski definition) is 3. The van der Waals surface area contributed by atoms with Crippen molar-refractivity contribution in [2.75, 3.05) is 42.7 Å². The van der Waals surface area contributed by atoms with Crippen molar-refractivity contribution >= 4 is 40.2 Å². The molecule has 0 radical (unpaired) electrons. The number of nitrogens with one attached hydrogen (secondary N) is 3. The maximum absolute atomic E-state index is 13.1. The van der Waals surface area contributed by atoms with Crippen LogP contribution in [-0.2, 0) is 4.79 Å². The molecule has 38 heavy (non-hydrogen) atoms. The van der Waals surface area contributed by atoms with Gasteiger partial charge in [-0.15, -0.1) is 24.8 Å². The van der Waals surface area contributed by atoms with Gasteiger partial charge in [0, 0.05) is 43.6 Å². The Balaban J connectivity index is 1.47. The molecule has 8 nitrogen and oxygen atoms in total. The number of hydrogen-bond acceptors (Lipinski definition) is 7. The fraction of sp³-hybridized carbons (Fsp3) is 0.654. The van der Waals surface area contributed by atoms with E-state index in [1.165, 1.54) is 50.7 Å². The summed E-state index contributed by atoms with van der Waals surface area (Å²) in [6.45, 7) is 2.80. The van der Waals surface area contributed by atoms with E-state index in [2.05, 4.69) is 35.6 Å². The number of piperidine rings is 1. The summed E-state index contributed by atoms with van der Waals surface area (Å²) in [5.41, 5.74) is 0.0798. The van der Waals surface area contributed by atoms with E-state index in [0.717, 1.165) is 25.9 Å². The highest BCUT2D eigenvalue weighted by Gasteiger charge is 2.32. The van der Waals surface area contributed by atoms with Gasteiger partial charge in [-0.25, -0.2) is 4.98 Å². The van der Waals surface area contributed by atoms with Gasteiger partial charge in [0.05, 0.1) is 0 Å². The Kier molecular flexibility index (Phi) is 10.1. The van der Waals surface area contributed by atoms with Gasteiger partial charge in [-0.2, -0.15) is 4.98 Å². The topological polar surface area (TPSA) is 91.4 Å². The molecule has 1 aliphatic carbocycles. The minimum absolute atomic E-state index is 0.0798. The summed E-state index contributed by atoms with van der Waals surface area (Å²) in [4.78, 5) is 22.9. The number of nitrogens with zero attached hydrogens (tertiary/aromatic N) is 3. The number of carbonyl (C=O) groups is 1. The second-order valence-corrected chi connectivity index (χ2v) is 10.2. The number of alkyl halides is 4. The van der Waals surface area contributed by atoms with Crippen molar-refractivity contribution in [3.05, 3.63) is 18.2 Å². The van der Waals surface area contributed by atoms with E-state index < -0.39 is 6.36 Å². The fourth-order valence-electron chi connectivity index (χ4n) is 5.31. The molecule has 1 aromatic carbocycles. The third kappa shape index (κ3) is 8.23. The Morgan fingerprint density at radius 2 is 1.79 bits per heavy atom. The molecule has 2 fully saturated rings. The number of halogens is 4. The maximum Gasteiger partial charge on any atom is 0.573 e. The highest BCUT2D eigenvalue weighted by molar-refractivity contribution is 6.27. The number of amides is 1. The van der Waals surface area contributed by atoms with Gasteiger partial charge in [0.25, 0.3) is 0 Å². The van der Waals surface area contributed by atoms with E-state index in [1.807, 2.05) is 0 Å². The fourth-order valence-corrected chi connectivity index (χ4v) is 5.41. The van der Waals surface area contributed by atoms with E-state index in [1.54, 1.807) is 6.07 Å². The summed E-state index contributed by atoms with van der Waals surface area (Å²) in [5, 5.41) is 9.69. The average Bonchev–Trinajstić information content (AvgIpc) is 3.18. The Labute approximate surface area is 226 Å². The monoisotopic (exact) mass is 556 g/mol. The Morgan fingerprint density at radius 3 is 2.47 bits per heavy atom. The number of para-hydroxylation sites is 1. The third-order valence-corrected chi connectivity index (χ3v) is 7.45. The number of ether oxygens (including phenoxy) is 1. The van der Waals surface area contributed by atoms with E-state index >= 15 is 0 Å². The van der Waals surface area contributed by atoms with Crippen LogP contribution in [0.3, 0.4) is 0 Å². The van der Waals surface area contributed by atoms with Gasteiger partial charge in [-0.05, 0) is 44.2 Å². The molecule has 2 aliphatic rings. The van der Waals surface area contributed by atoms with Crippen LogP contribution in [0.25, 0.3) is 10.9 Å². The lowest BCUT2D eigenvalue weighted by Gasteiger charge is -2.37. The zero-order chi connectivity index (χ0) is 27.0. The van der Waals surface area contributed by atoms with Gasteiger partial charge in [-0.1, -0.05) is 31.7 Å². The molecule has 1 amide bonds. The zero-order valence-corrected chi connectivity index (χ0v) is 22.2. The van der Waals surface area contributed by atoms with Crippen LogP contribution in [0.5, 0.6) is 5.75 Å². The highest BCUT2D eigenvalue weighted by atomic mass is 35.5. The quantitative estimate of drug-likeness (QED) is 0.208. The second-order valence-electron chi connectivity index (χ2n) is 9.96. The minimum atomic E-state index is -4.84. The van der Waals surface area contributed by atoms with Gasteiger partial charge in [-0.3, -0.25) is 4.79 Å². The number of fused-ring (bicyclic) bond motifs is 1. The second kappa shape index (κ2) is 13.5. The molecule has 2 heterocycles. The van der Waals surface area contributed by atoms with Gasteiger partial charge in [0.2, 0.25) is 11.9 Å². The predicted molar refractivity (Wildman–Crippen MR) is 143 cm³/mol. The van der Waals surface area contributed by atoms with Crippen molar-refractivity contribution in [1.29, 1.82) is 0 Å². The van der Waals surface area contributed by atoms with Gasteiger partial charge in [0.15, 0.2) is 5.75 Å². The summed E-state index contributed by atoms with van der Waals surface area (Å²) in [5.74, 6) is -0.0795. The molecule has 1 aliphatic heterocycles. The van der Waals surface area contributed by atoms with Crippen molar-refractivity contribution in [3.63, 3.8) is 0 Å². The number of anilines is 2. The standard InChI is InChI=1S/C26H36ClF3N6O2/c27-17-22(37)31-13-6-14-32-25-34-23-20(9-5-10-21(23)38-26(28,29)30)24(35-25)33-18-11-15-36(16-12-18)19-7-3-1-2-4-8-19/h5,9-10,18-19H,1-4,6-8,11-17H2,(H,31,37)(H2,32,33,34,35). The van der Waals surface area contributed by atoms with Crippen molar-refractivity contribution < 1.29 is 22.7 Å².